The van der Waals surface area contributed by atoms with Crippen LogP contribution in [0, 0.1) is 0 Å². The maximum Gasteiger partial charge on any atom is 0.114 e. The molecular formula is C44H40Si. The van der Waals surface area contributed by atoms with Gasteiger partial charge in [-0.25, -0.2) is 0 Å². The van der Waals surface area contributed by atoms with Crippen LogP contribution in [0.15, 0.2) is 121 Å². The molecule has 0 N–H and O–H groups in total. The summed E-state index contributed by atoms with van der Waals surface area (Å²) in [5.74, 6) is 0. The van der Waals surface area contributed by atoms with E-state index in [4.69, 9.17) is 0 Å². The monoisotopic (exact) mass is 596 g/mol. The van der Waals surface area contributed by atoms with Crippen molar-refractivity contribution in [3.63, 3.8) is 0 Å². The Morgan fingerprint density at radius 1 is 0.467 bits per heavy atom. The molecule has 0 aliphatic heterocycles. The highest BCUT2D eigenvalue weighted by atomic mass is 28.3. The Kier molecular flexibility index (Phi) is 6.77. The Bertz CT molecular complexity index is 2050. The van der Waals surface area contributed by atoms with E-state index in [1.807, 2.05) is 0 Å². The molecule has 2 aliphatic rings. The number of hydrogen-bond acceptors (Lipinski definition) is 0. The van der Waals surface area contributed by atoms with Crippen LogP contribution in [0.4, 0.5) is 0 Å². The first-order chi connectivity index (χ1) is 22.0. The highest BCUT2D eigenvalue weighted by molar-refractivity contribution is 7.10. The van der Waals surface area contributed by atoms with Crippen molar-refractivity contribution in [2.45, 2.75) is 52.6 Å². The molecule has 0 saturated heterocycles. The molecule has 6 aromatic rings. The van der Waals surface area contributed by atoms with Crippen molar-refractivity contribution in [2.24, 2.45) is 0 Å². The second kappa shape index (κ2) is 10.9. The SMILES string of the molecule is CCc1cc(C2=C([Si](C)(C)C3=C(c4cc(CC)cc5ccccc45)Cc4ccccc43)c3ccccc3C2)c2ccccc2c1. The van der Waals surface area contributed by atoms with Gasteiger partial charge in [0.15, 0.2) is 0 Å². The van der Waals surface area contributed by atoms with Gasteiger partial charge >= 0.3 is 0 Å². The molecule has 45 heavy (non-hydrogen) atoms. The Morgan fingerprint density at radius 2 is 0.867 bits per heavy atom. The molecule has 1 heteroatoms. The highest BCUT2D eigenvalue weighted by Gasteiger charge is 2.42. The van der Waals surface area contributed by atoms with E-state index >= 15 is 0 Å². The topological polar surface area (TPSA) is 0 Å². The first-order valence-corrected chi connectivity index (χ1v) is 19.7. The molecule has 0 spiro atoms. The van der Waals surface area contributed by atoms with Crippen LogP contribution in [0.2, 0.25) is 13.1 Å². The van der Waals surface area contributed by atoms with Crippen molar-refractivity contribution in [3.8, 4) is 0 Å². The zero-order valence-electron chi connectivity index (χ0n) is 26.9. The third-order valence-electron chi connectivity index (χ3n) is 10.5. The van der Waals surface area contributed by atoms with E-state index in [1.54, 1.807) is 21.5 Å². The van der Waals surface area contributed by atoms with Crippen LogP contribution in [0.5, 0.6) is 0 Å². The molecule has 0 nitrogen and oxygen atoms in total. The second-order valence-electron chi connectivity index (χ2n) is 13.4. The van der Waals surface area contributed by atoms with Gasteiger partial charge in [0.1, 0.15) is 8.07 Å². The van der Waals surface area contributed by atoms with E-state index < -0.39 is 8.07 Å². The zero-order valence-corrected chi connectivity index (χ0v) is 27.9. The summed E-state index contributed by atoms with van der Waals surface area (Å²) in [5, 5.41) is 8.70. The molecule has 0 heterocycles. The smallest absolute Gasteiger partial charge is 0.0619 e. The summed E-state index contributed by atoms with van der Waals surface area (Å²) in [6, 6.07) is 46.4. The van der Waals surface area contributed by atoms with Crippen LogP contribution in [0.25, 0.3) is 43.1 Å². The van der Waals surface area contributed by atoms with Crippen LogP contribution in [-0.4, -0.2) is 8.07 Å². The summed E-state index contributed by atoms with van der Waals surface area (Å²) in [6.45, 7) is 9.85. The molecule has 0 atom stereocenters. The average molecular weight is 597 g/mol. The van der Waals surface area contributed by atoms with Crippen LogP contribution in [0.1, 0.15) is 58.4 Å². The fourth-order valence-electron chi connectivity index (χ4n) is 8.39. The van der Waals surface area contributed by atoms with Crippen molar-refractivity contribution in [1.29, 1.82) is 0 Å². The molecule has 6 aromatic carbocycles. The predicted molar refractivity (Wildman–Crippen MR) is 198 cm³/mol. The van der Waals surface area contributed by atoms with Gasteiger partial charge in [0.2, 0.25) is 0 Å². The van der Waals surface area contributed by atoms with Crippen LogP contribution >= 0.6 is 0 Å². The average Bonchev–Trinajstić information content (AvgIpc) is 3.67. The molecule has 0 amide bonds. The molecule has 0 radical (unpaired) electrons. The fourth-order valence-corrected chi connectivity index (χ4v) is 12.4. The van der Waals surface area contributed by atoms with E-state index in [9.17, 15) is 0 Å². The minimum atomic E-state index is -2.30. The minimum Gasteiger partial charge on any atom is -0.0619 e. The first kappa shape index (κ1) is 28.0. The van der Waals surface area contributed by atoms with E-state index in [0.717, 1.165) is 25.7 Å². The van der Waals surface area contributed by atoms with Gasteiger partial charge in [0, 0.05) is 0 Å². The summed E-state index contributed by atoms with van der Waals surface area (Å²) in [4.78, 5) is 0. The van der Waals surface area contributed by atoms with Gasteiger partial charge in [-0.1, -0.05) is 148 Å². The predicted octanol–water partition coefficient (Wildman–Crippen LogP) is 11.5. The lowest BCUT2D eigenvalue weighted by molar-refractivity contribution is 1.14. The van der Waals surface area contributed by atoms with Gasteiger partial charge in [-0.15, -0.1) is 0 Å². The number of benzene rings is 6. The van der Waals surface area contributed by atoms with Crippen LogP contribution < -0.4 is 0 Å². The van der Waals surface area contributed by atoms with Crippen molar-refractivity contribution in [2.75, 3.05) is 0 Å². The molecule has 0 fully saturated rings. The lowest BCUT2D eigenvalue weighted by atomic mass is 9.93. The Morgan fingerprint density at radius 3 is 1.31 bits per heavy atom. The van der Waals surface area contributed by atoms with Gasteiger partial charge in [-0.3, -0.25) is 0 Å². The third kappa shape index (κ3) is 4.48. The third-order valence-corrected chi connectivity index (χ3v) is 14.1. The van der Waals surface area contributed by atoms with Gasteiger partial charge in [0.25, 0.3) is 0 Å². The maximum atomic E-state index is 2.64. The van der Waals surface area contributed by atoms with Gasteiger partial charge in [-0.2, -0.15) is 0 Å². The summed E-state index contributed by atoms with van der Waals surface area (Å²) in [5.41, 5.74) is 14.7. The van der Waals surface area contributed by atoms with E-state index in [-0.39, 0.29) is 0 Å². The highest BCUT2D eigenvalue weighted by Crippen LogP contribution is 2.53. The first-order valence-electron chi connectivity index (χ1n) is 16.7. The Labute approximate surface area is 268 Å². The van der Waals surface area contributed by atoms with Crippen molar-refractivity contribution in [3.05, 3.63) is 166 Å². The molecule has 2 aliphatic carbocycles. The lowest BCUT2D eigenvalue weighted by Gasteiger charge is -2.31. The normalized spacial score (nSPS) is 14.5. The largest absolute Gasteiger partial charge is 0.114 e. The summed E-state index contributed by atoms with van der Waals surface area (Å²) >= 11 is 0. The van der Waals surface area contributed by atoms with Gasteiger partial charge in [-0.05, 0) is 113 Å². The number of allylic oxidation sites excluding steroid dienone is 2. The molecule has 8 rings (SSSR count). The van der Waals surface area contributed by atoms with Crippen LogP contribution in [-0.2, 0) is 25.7 Å². The summed E-state index contributed by atoms with van der Waals surface area (Å²) in [6.07, 6.45) is 4.07. The second-order valence-corrected chi connectivity index (χ2v) is 17.7. The van der Waals surface area contributed by atoms with Crippen molar-refractivity contribution < 1.29 is 0 Å². The Hall–Kier alpha value is -4.46. The van der Waals surface area contributed by atoms with Gasteiger partial charge in [0.05, 0.1) is 0 Å². The molecule has 0 saturated carbocycles. The van der Waals surface area contributed by atoms with Crippen molar-refractivity contribution in [1.82, 2.24) is 0 Å². The summed E-state index contributed by atoms with van der Waals surface area (Å²) < 4.78 is 0. The molecule has 220 valence electrons. The zero-order chi connectivity index (χ0) is 30.7. The number of aryl methyl sites for hydroxylation is 2. The van der Waals surface area contributed by atoms with Crippen molar-refractivity contribution >= 4 is 51.2 Å². The molecule has 0 aromatic heterocycles. The van der Waals surface area contributed by atoms with E-state index in [2.05, 4.69) is 148 Å². The molecular weight excluding hydrogens is 557 g/mol. The molecule has 0 bridgehead atoms. The summed E-state index contributed by atoms with van der Waals surface area (Å²) in [7, 11) is -2.30. The van der Waals surface area contributed by atoms with E-state index in [0.29, 0.717) is 0 Å². The molecule has 0 unspecified atom stereocenters. The fraction of sp³-hybridized carbons (Fsp3) is 0.182. The van der Waals surface area contributed by atoms with Crippen LogP contribution in [0.3, 0.4) is 0 Å². The number of fused-ring (bicyclic) bond motifs is 4. The standard InChI is InChI=1S/C44H40Si/c1-5-29-23-31-15-7-11-19-35(31)39(25-29)41-27-33-17-9-13-21-37(33)43(41)45(3,4)44-38-22-14-10-18-34(38)28-42(44)40-26-30(6-2)24-32-16-8-12-20-36(32)40/h7-26H,5-6,27-28H2,1-4H3. The lowest BCUT2D eigenvalue weighted by Crippen LogP contribution is -2.31. The quantitative estimate of drug-likeness (QED) is 0.168. The number of hydrogen-bond donors (Lipinski definition) is 0. The maximum absolute atomic E-state index is 2.64. The van der Waals surface area contributed by atoms with Gasteiger partial charge < -0.3 is 0 Å². The number of rotatable bonds is 6. The van der Waals surface area contributed by atoms with E-state index in [1.165, 1.54) is 66.1 Å². The minimum absolute atomic E-state index is 0.998. The Balaban J connectivity index is 1.46.